The van der Waals surface area contributed by atoms with Crippen LogP contribution < -0.4 is 4.74 Å². The zero-order chi connectivity index (χ0) is 13.0. The fourth-order valence-electron chi connectivity index (χ4n) is 2.66. The molecule has 0 amide bonds. The van der Waals surface area contributed by atoms with Crippen molar-refractivity contribution in [1.29, 1.82) is 0 Å². The minimum Gasteiger partial charge on any atom is -0.493 e. The Morgan fingerprint density at radius 1 is 1.44 bits per heavy atom. The highest BCUT2D eigenvalue weighted by Crippen LogP contribution is 2.32. The summed E-state index contributed by atoms with van der Waals surface area (Å²) in [4.78, 5) is 0. The Morgan fingerprint density at radius 2 is 2.28 bits per heavy atom. The summed E-state index contributed by atoms with van der Waals surface area (Å²) in [5.41, 5.74) is 2.35. The van der Waals surface area contributed by atoms with E-state index in [0.29, 0.717) is 5.92 Å². The smallest absolute Gasteiger partial charge is 0.119 e. The van der Waals surface area contributed by atoms with E-state index >= 15 is 0 Å². The maximum Gasteiger partial charge on any atom is 0.119 e. The number of hydrogen-bond acceptors (Lipinski definition) is 2. The third-order valence-electron chi connectivity index (χ3n) is 3.72. The summed E-state index contributed by atoms with van der Waals surface area (Å²) >= 11 is 0. The van der Waals surface area contributed by atoms with Crippen LogP contribution >= 0.6 is 0 Å². The second-order valence-corrected chi connectivity index (χ2v) is 5.47. The van der Waals surface area contributed by atoms with E-state index in [1.807, 2.05) is 12.1 Å². The summed E-state index contributed by atoms with van der Waals surface area (Å²) in [5.74, 6) is 1.49. The van der Waals surface area contributed by atoms with Crippen LogP contribution in [0.3, 0.4) is 0 Å². The second kappa shape index (κ2) is 6.24. The van der Waals surface area contributed by atoms with Gasteiger partial charge >= 0.3 is 0 Å². The molecule has 0 spiro atoms. The molecular weight excluding hydrogens is 224 g/mol. The molecule has 2 rings (SSSR count). The van der Waals surface area contributed by atoms with Crippen LogP contribution in [-0.4, -0.2) is 11.7 Å². The molecule has 0 fully saturated rings. The van der Waals surface area contributed by atoms with Crippen molar-refractivity contribution in [2.75, 3.05) is 6.61 Å². The number of rotatable bonds is 5. The molecule has 2 heteroatoms. The molecule has 2 nitrogen and oxygen atoms in total. The molecule has 0 saturated carbocycles. The van der Waals surface area contributed by atoms with Gasteiger partial charge in [0.25, 0.3) is 0 Å². The lowest BCUT2D eigenvalue weighted by Gasteiger charge is -2.22. The predicted molar refractivity (Wildman–Crippen MR) is 73.9 cm³/mol. The Labute approximate surface area is 110 Å². The number of aliphatic hydroxyl groups is 1. The molecule has 2 atom stereocenters. The molecule has 1 N–H and O–H groups in total. The lowest BCUT2D eigenvalue weighted by molar-refractivity contribution is 0.155. The van der Waals surface area contributed by atoms with Gasteiger partial charge in [-0.1, -0.05) is 26.3 Å². The van der Waals surface area contributed by atoms with E-state index in [1.165, 1.54) is 18.4 Å². The van der Waals surface area contributed by atoms with Crippen molar-refractivity contribution >= 4 is 0 Å². The molecule has 1 aromatic carbocycles. The van der Waals surface area contributed by atoms with E-state index in [9.17, 15) is 5.11 Å². The van der Waals surface area contributed by atoms with Gasteiger partial charge in [0.15, 0.2) is 0 Å². The molecule has 100 valence electrons. The molecule has 0 aromatic heterocycles. The van der Waals surface area contributed by atoms with Gasteiger partial charge in [-0.05, 0) is 54.9 Å². The molecule has 1 aliphatic rings. The number of ether oxygens (including phenoxy) is 1. The van der Waals surface area contributed by atoms with Gasteiger partial charge in [0.05, 0.1) is 12.7 Å². The third kappa shape index (κ3) is 3.26. The van der Waals surface area contributed by atoms with Gasteiger partial charge in [0, 0.05) is 0 Å². The van der Waals surface area contributed by atoms with Crippen LogP contribution in [0.1, 0.15) is 56.8 Å². The first-order valence-corrected chi connectivity index (χ1v) is 7.14. The van der Waals surface area contributed by atoms with Crippen molar-refractivity contribution < 1.29 is 9.84 Å². The second-order valence-electron chi connectivity index (χ2n) is 5.47. The summed E-state index contributed by atoms with van der Waals surface area (Å²) in [5, 5.41) is 9.99. The molecule has 2 unspecified atom stereocenters. The minimum atomic E-state index is -0.301. The van der Waals surface area contributed by atoms with Crippen molar-refractivity contribution in [3.8, 4) is 5.75 Å². The Kier molecular flexibility index (Phi) is 4.65. The minimum absolute atomic E-state index is 0.301. The van der Waals surface area contributed by atoms with Crippen LogP contribution in [0.5, 0.6) is 5.75 Å². The van der Waals surface area contributed by atoms with Crippen molar-refractivity contribution in [3.05, 3.63) is 29.3 Å². The Bertz CT molecular complexity index is 387. The lowest BCUT2D eigenvalue weighted by atomic mass is 9.89. The van der Waals surface area contributed by atoms with Gasteiger partial charge in [-0.3, -0.25) is 0 Å². The number of fused-ring (bicyclic) bond motifs is 1. The molecule has 0 saturated heterocycles. The summed E-state index contributed by atoms with van der Waals surface area (Å²) in [6.45, 7) is 5.19. The predicted octanol–water partition coefficient (Wildman–Crippen LogP) is 3.87. The highest BCUT2D eigenvalue weighted by Gasteiger charge is 2.18. The molecule has 1 aliphatic carbocycles. The average molecular weight is 248 g/mol. The SMILES string of the molecule is CCCC(C)COc1ccc2c(c1)C(O)CCC2. The van der Waals surface area contributed by atoms with Gasteiger partial charge in [0.1, 0.15) is 5.75 Å². The van der Waals surface area contributed by atoms with Crippen molar-refractivity contribution in [3.63, 3.8) is 0 Å². The largest absolute Gasteiger partial charge is 0.493 e. The average Bonchev–Trinajstić information content (AvgIpc) is 2.37. The molecule has 0 heterocycles. The van der Waals surface area contributed by atoms with Crippen LogP contribution in [-0.2, 0) is 6.42 Å². The maximum absolute atomic E-state index is 9.99. The zero-order valence-corrected chi connectivity index (χ0v) is 11.5. The van der Waals surface area contributed by atoms with Crippen LogP contribution in [0, 0.1) is 5.92 Å². The van der Waals surface area contributed by atoms with Gasteiger partial charge in [-0.2, -0.15) is 0 Å². The van der Waals surface area contributed by atoms with Crippen LogP contribution in [0.25, 0.3) is 0 Å². The Hall–Kier alpha value is -1.02. The first-order chi connectivity index (χ1) is 8.70. The Morgan fingerprint density at radius 3 is 3.06 bits per heavy atom. The standard InChI is InChI=1S/C16H24O2/c1-3-5-12(2)11-18-14-9-8-13-6-4-7-16(17)15(13)10-14/h8-10,12,16-17H,3-7,11H2,1-2H3. The third-order valence-corrected chi connectivity index (χ3v) is 3.72. The highest BCUT2D eigenvalue weighted by atomic mass is 16.5. The summed E-state index contributed by atoms with van der Waals surface area (Å²) in [6, 6.07) is 6.17. The van der Waals surface area contributed by atoms with E-state index in [1.54, 1.807) is 0 Å². The van der Waals surface area contributed by atoms with Gasteiger partial charge < -0.3 is 9.84 Å². The normalized spacial score (nSPS) is 20.3. The Balaban J connectivity index is 2.00. The van der Waals surface area contributed by atoms with Crippen molar-refractivity contribution in [2.45, 2.75) is 52.1 Å². The first-order valence-electron chi connectivity index (χ1n) is 7.14. The molecular formula is C16H24O2. The van der Waals surface area contributed by atoms with Crippen LogP contribution in [0.2, 0.25) is 0 Å². The van der Waals surface area contributed by atoms with E-state index in [4.69, 9.17) is 4.74 Å². The van der Waals surface area contributed by atoms with Gasteiger partial charge in [-0.25, -0.2) is 0 Å². The molecule has 1 aromatic rings. The van der Waals surface area contributed by atoms with Crippen LogP contribution in [0.4, 0.5) is 0 Å². The fourth-order valence-corrected chi connectivity index (χ4v) is 2.66. The molecule has 0 aliphatic heterocycles. The summed E-state index contributed by atoms with van der Waals surface area (Å²) in [7, 11) is 0. The summed E-state index contributed by atoms with van der Waals surface area (Å²) in [6.07, 6.45) is 5.15. The number of aliphatic hydroxyl groups excluding tert-OH is 1. The maximum atomic E-state index is 9.99. The highest BCUT2D eigenvalue weighted by molar-refractivity contribution is 5.38. The first kappa shape index (κ1) is 13.4. The monoisotopic (exact) mass is 248 g/mol. The zero-order valence-electron chi connectivity index (χ0n) is 11.5. The number of benzene rings is 1. The van der Waals surface area contributed by atoms with E-state index < -0.39 is 0 Å². The molecule has 18 heavy (non-hydrogen) atoms. The van der Waals surface area contributed by atoms with Gasteiger partial charge in [0.2, 0.25) is 0 Å². The van der Waals surface area contributed by atoms with E-state index in [2.05, 4.69) is 19.9 Å². The fraction of sp³-hybridized carbons (Fsp3) is 0.625. The van der Waals surface area contributed by atoms with E-state index in [-0.39, 0.29) is 6.10 Å². The quantitative estimate of drug-likeness (QED) is 0.857. The number of aryl methyl sites for hydroxylation is 1. The lowest BCUT2D eigenvalue weighted by Crippen LogP contribution is -2.11. The molecule has 0 bridgehead atoms. The summed E-state index contributed by atoms with van der Waals surface area (Å²) < 4.78 is 5.82. The van der Waals surface area contributed by atoms with E-state index in [0.717, 1.165) is 37.2 Å². The number of hydrogen-bond donors (Lipinski definition) is 1. The van der Waals surface area contributed by atoms with Gasteiger partial charge in [-0.15, -0.1) is 0 Å². The van der Waals surface area contributed by atoms with Crippen LogP contribution in [0.15, 0.2) is 18.2 Å². The topological polar surface area (TPSA) is 29.5 Å². The molecule has 0 radical (unpaired) electrons. The van der Waals surface area contributed by atoms with Crippen molar-refractivity contribution in [1.82, 2.24) is 0 Å². The van der Waals surface area contributed by atoms with Crippen molar-refractivity contribution in [2.24, 2.45) is 5.92 Å².